The molecule has 0 unspecified atom stereocenters. The molecule has 1 saturated heterocycles. The number of aromatic nitrogens is 2. The van der Waals surface area contributed by atoms with E-state index in [0.717, 1.165) is 37.2 Å². The first kappa shape index (κ1) is 20.3. The lowest BCUT2D eigenvalue weighted by Gasteiger charge is -2.38. The van der Waals surface area contributed by atoms with Crippen LogP contribution in [0.1, 0.15) is 23.2 Å². The Hall–Kier alpha value is -2.99. The SMILES string of the molecule is COc1ccc(N2CCC(N(C)C(=O)c3cn[nH]c3-c3ccccc3Cl)CC2)cc1. The molecule has 7 heteroatoms. The number of amides is 1. The average molecular weight is 425 g/mol. The van der Waals surface area contributed by atoms with E-state index < -0.39 is 0 Å². The third-order valence-electron chi connectivity index (χ3n) is 5.78. The van der Waals surface area contributed by atoms with E-state index in [4.69, 9.17) is 16.3 Å². The van der Waals surface area contributed by atoms with Gasteiger partial charge in [0.05, 0.1) is 24.6 Å². The summed E-state index contributed by atoms with van der Waals surface area (Å²) in [5.41, 5.74) is 3.16. The van der Waals surface area contributed by atoms with Crippen LogP contribution in [0, 0.1) is 0 Å². The van der Waals surface area contributed by atoms with Crippen LogP contribution in [0.4, 0.5) is 5.69 Å². The number of halogens is 1. The number of hydrogen-bond acceptors (Lipinski definition) is 4. The molecule has 1 aliphatic heterocycles. The van der Waals surface area contributed by atoms with E-state index in [0.29, 0.717) is 16.3 Å². The highest BCUT2D eigenvalue weighted by atomic mass is 35.5. The van der Waals surface area contributed by atoms with Gasteiger partial charge < -0.3 is 14.5 Å². The highest BCUT2D eigenvalue weighted by molar-refractivity contribution is 6.33. The zero-order chi connectivity index (χ0) is 21.1. The molecule has 4 rings (SSSR count). The molecular weight excluding hydrogens is 400 g/mol. The van der Waals surface area contributed by atoms with Crippen LogP contribution in [-0.4, -0.2) is 54.3 Å². The van der Waals surface area contributed by atoms with Gasteiger partial charge in [-0.15, -0.1) is 0 Å². The Bertz CT molecular complexity index is 1010. The molecule has 3 aromatic rings. The van der Waals surface area contributed by atoms with Crippen molar-refractivity contribution < 1.29 is 9.53 Å². The lowest BCUT2D eigenvalue weighted by atomic mass is 10.0. The molecule has 1 aromatic heterocycles. The van der Waals surface area contributed by atoms with E-state index in [1.54, 1.807) is 13.3 Å². The first-order valence-corrected chi connectivity index (χ1v) is 10.4. The molecular formula is C23H25ClN4O2. The van der Waals surface area contributed by atoms with Crippen molar-refractivity contribution in [3.8, 4) is 17.0 Å². The number of benzene rings is 2. The standard InChI is InChI=1S/C23H25ClN4O2/c1-27(16-11-13-28(14-12-16)17-7-9-18(30-2)10-8-17)23(29)20-15-25-26-22(20)19-5-3-4-6-21(19)24/h3-10,15-16H,11-14H2,1-2H3,(H,25,26). The maximum absolute atomic E-state index is 13.2. The van der Waals surface area contributed by atoms with Crippen LogP contribution in [0.15, 0.2) is 54.7 Å². The summed E-state index contributed by atoms with van der Waals surface area (Å²) < 4.78 is 5.24. The summed E-state index contributed by atoms with van der Waals surface area (Å²) >= 11 is 6.33. The van der Waals surface area contributed by atoms with Crippen LogP contribution in [-0.2, 0) is 0 Å². The van der Waals surface area contributed by atoms with Crippen molar-refractivity contribution in [2.45, 2.75) is 18.9 Å². The maximum Gasteiger partial charge on any atom is 0.257 e. The van der Waals surface area contributed by atoms with Crippen molar-refractivity contribution in [1.29, 1.82) is 0 Å². The zero-order valence-electron chi connectivity index (χ0n) is 17.1. The summed E-state index contributed by atoms with van der Waals surface area (Å²) in [6.07, 6.45) is 3.41. The number of carbonyl (C=O) groups is 1. The zero-order valence-corrected chi connectivity index (χ0v) is 17.9. The van der Waals surface area contributed by atoms with Crippen molar-refractivity contribution >= 4 is 23.2 Å². The number of ether oxygens (including phenoxy) is 1. The molecule has 1 aliphatic rings. The number of H-pyrrole nitrogens is 1. The van der Waals surface area contributed by atoms with Gasteiger partial charge in [-0.25, -0.2) is 0 Å². The number of rotatable bonds is 5. The van der Waals surface area contributed by atoms with Crippen molar-refractivity contribution in [3.63, 3.8) is 0 Å². The first-order chi connectivity index (χ1) is 14.6. The maximum atomic E-state index is 13.2. The van der Waals surface area contributed by atoms with Crippen molar-refractivity contribution in [2.24, 2.45) is 0 Å². The molecule has 2 heterocycles. The Morgan fingerprint density at radius 2 is 1.87 bits per heavy atom. The van der Waals surface area contributed by atoms with E-state index >= 15 is 0 Å². The summed E-state index contributed by atoms with van der Waals surface area (Å²) in [5.74, 6) is 0.815. The summed E-state index contributed by atoms with van der Waals surface area (Å²) in [7, 11) is 3.55. The second-order valence-corrected chi connectivity index (χ2v) is 7.88. The number of aromatic amines is 1. The smallest absolute Gasteiger partial charge is 0.257 e. The predicted octanol–water partition coefficient (Wildman–Crippen LogP) is 4.48. The van der Waals surface area contributed by atoms with Crippen molar-refractivity contribution in [3.05, 3.63) is 65.3 Å². The topological polar surface area (TPSA) is 61.5 Å². The molecule has 2 aromatic carbocycles. The minimum atomic E-state index is -0.0402. The van der Waals surface area contributed by atoms with Gasteiger partial charge in [0.15, 0.2) is 0 Å². The quantitative estimate of drug-likeness (QED) is 0.656. The highest BCUT2D eigenvalue weighted by Crippen LogP contribution is 2.30. The average Bonchev–Trinajstić information content (AvgIpc) is 3.28. The van der Waals surface area contributed by atoms with E-state index in [1.165, 1.54) is 5.69 Å². The number of hydrogen-bond donors (Lipinski definition) is 1. The highest BCUT2D eigenvalue weighted by Gasteiger charge is 2.28. The normalized spacial score (nSPS) is 14.6. The minimum absolute atomic E-state index is 0.0402. The van der Waals surface area contributed by atoms with E-state index in [1.807, 2.05) is 48.3 Å². The van der Waals surface area contributed by atoms with Crippen molar-refractivity contribution in [1.82, 2.24) is 15.1 Å². The van der Waals surface area contributed by atoms with Gasteiger partial charge in [0.2, 0.25) is 0 Å². The van der Waals surface area contributed by atoms with E-state index in [9.17, 15) is 4.79 Å². The van der Waals surface area contributed by atoms with Crippen LogP contribution in [0.25, 0.3) is 11.3 Å². The van der Waals surface area contributed by atoms with Gasteiger partial charge in [0.25, 0.3) is 5.91 Å². The molecule has 1 N–H and O–H groups in total. The molecule has 0 aliphatic carbocycles. The number of methoxy groups -OCH3 is 1. The van der Waals surface area contributed by atoms with Crippen LogP contribution in [0.3, 0.4) is 0 Å². The Balaban J connectivity index is 1.44. The summed E-state index contributed by atoms with van der Waals surface area (Å²) in [6.45, 7) is 1.80. The number of nitrogens with zero attached hydrogens (tertiary/aromatic N) is 3. The molecule has 0 radical (unpaired) electrons. The molecule has 0 spiro atoms. The lowest BCUT2D eigenvalue weighted by molar-refractivity contribution is 0.0710. The molecule has 6 nitrogen and oxygen atoms in total. The van der Waals surface area contributed by atoms with Crippen LogP contribution < -0.4 is 9.64 Å². The van der Waals surface area contributed by atoms with Crippen LogP contribution in [0.5, 0.6) is 5.75 Å². The van der Waals surface area contributed by atoms with Gasteiger partial charge in [-0.3, -0.25) is 9.89 Å². The fourth-order valence-corrected chi connectivity index (χ4v) is 4.21. The van der Waals surface area contributed by atoms with Gasteiger partial charge in [0, 0.05) is 42.5 Å². The Labute approximate surface area is 181 Å². The Morgan fingerprint density at radius 1 is 1.17 bits per heavy atom. The van der Waals surface area contributed by atoms with Gasteiger partial charge in [-0.05, 0) is 43.2 Å². The molecule has 0 bridgehead atoms. The van der Waals surface area contributed by atoms with Crippen LogP contribution in [0.2, 0.25) is 5.02 Å². The van der Waals surface area contributed by atoms with Gasteiger partial charge in [-0.1, -0.05) is 29.8 Å². The molecule has 1 fully saturated rings. The number of nitrogens with one attached hydrogen (secondary N) is 1. The molecule has 0 saturated carbocycles. The van der Waals surface area contributed by atoms with Gasteiger partial charge in [-0.2, -0.15) is 5.10 Å². The number of carbonyl (C=O) groups excluding carboxylic acids is 1. The third-order valence-corrected chi connectivity index (χ3v) is 6.11. The molecule has 0 atom stereocenters. The number of piperidine rings is 1. The van der Waals surface area contributed by atoms with Gasteiger partial charge in [0.1, 0.15) is 5.75 Å². The third kappa shape index (κ3) is 4.00. The Morgan fingerprint density at radius 3 is 2.53 bits per heavy atom. The largest absolute Gasteiger partial charge is 0.497 e. The first-order valence-electron chi connectivity index (χ1n) is 10.0. The summed E-state index contributed by atoms with van der Waals surface area (Å²) in [6, 6.07) is 15.8. The number of anilines is 1. The van der Waals surface area contributed by atoms with Crippen LogP contribution >= 0.6 is 11.6 Å². The minimum Gasteiger partial charge on any atom is -0.497 e. The summed E-state index contributed by atoms with van der Waals surface area (Å²) in [5, 5.41) is 7.63. The fraction of sp³-hybridized carbons (Fsp3) is 0.304. The summed E-state index contributed by atoms with van der Waals surface area (Å²) in [4.78, 5) is 17.4. The molecule has 30 heavy (non-hydrogen) atoms. The van der Waals surface area contributed by atoms with Crippen molar-refractivity contribution in [2.75, 3.05) is 32.1 Å². The molecule has 156 valence electrons. The van der Waals surface area contributed by atoms with Gasteiger partial charge >= 0.3 is 0 Å². The Kier molecular flexibility index (Phi) is 5.95. The fourth-order valence-electron chi connectivity index (χ4n) is 3.98. The second kappa shape index (κ2) is 8.79. The predicted molar refractivity (Wildman–Crippen MR) is 119 cm³/mol. The monoisotopic (exact) mass is 424 g/mol. The molecule has 1 amide bonds. The second-order valence-electron chi connectivity index (χ2n) is 7.47. The van der Waals surface area contributed by atoms with E-state index in [2.05, 4.69) is 27.2 Å². The lowest BCUT2D eigenvalue weighted by Crippen LogP contribution is -2.45. The van der Waals surface area contributed by atoms with E-state index in [-0.39, 0.29) is 11.9 Å².